The summed E-state index contributed by atoms with van der Waals surface area (Å²) in [5.74, 6) is 0. The van der Waals surface area contributed by atoms with Crippen LogP contribution >= 0.6 is 0 Å². The molecule has 0 radical (unpaired) electrons. The summed E-state index contributed by atoms with van der Waals surface area (Å²) < 4.78 is 16.6. The van der Waals surface area contributed by atoms with Crippen LogP contribution in [0.2, 0.25) is 0 Å². The minimum atomic E-state index is -0.445. The van der Waals surface area contributed by atoms with Crippen LogP contribution in [0.1, 0.15) is 59.8 Å². The molecule has 0 aromatic rings. The van der Waals surface area contributed by atoms with Crippen LogP contribution in [-0.2, 0) is 14.2 Å². The van der Waals surface area contributed by atoms with Gasteiger partial charge in [0, 0.05) is 31.8 Å². The second kappa shape index (κ2) is 8.50. The molecule has 0 aromatic carbocycles. The van der Waals surface area contributed by atoms with Gasteiger partial charge in [-0.2, -0.15) is 0 Å². The Bertz CT molecular complexity index is 402. The van der Waals surface area contributed by atoms with E-state index in [2.05, 4.69) is 10.6 Å². The summed E-state index contributed by atoms with van der Waals surface area (Å²) in [5, 5.41) is 6.70. The van der Waals surface area contributed by atoms with Crippen molar-refractivity contribution >= 4 is 6.09 Å². The van der Waals surface area contributed by atoms with Crippen molar-refractivity contribution in [2.45, 2.75) is 95.7 Å². The zero-order chi connectivity index (χ0) is 17.7. The number of alkyl carbamates (subject to hydrolysis) is 1. The number of rotatable bonds is 6. The van der Waals surface area contributed by atoms with E-state index in [1.165, 1.54) is 0 Å². The van der Waals surface area contributed by atoms with E-state index < -0.39 is 5.60 Å². The molecule has 2 fully saturated rings. The van der Waals surface area contributed by atoms with Gasteiger partial charge < -0.3 is 24.8 Å². The summed E-state index contributed by atoms with van der Waals surface area (Å²) in [6, 6.07) is 1.09. The summed E-state index contributed by atoms with van der Waals surface area (Å²) in [7, 11) is 1.76. The molecule has 0 spiro atoms. The van der Waals surface area contributed by atoms with Crippen molar-refractivity contribution < 1.29 is 19.0 Å². The minimum absolute atomic E-state index is 0.155. The first kappa shape index (κ1) is 19.5. The van der Waals surface area contributed by atoms with Gasteiger partial charge in [0.25, 0.3) is 0 Å². The molecule has 24 heavy (non-hydrogen) atoms. The molecule has 2 saturated carbocycles. The zero-order valence-corrected chi connectivity index (χ0v) is 15.8. The molecule has 0 aliphatic heterocycles. The molecule has 0 aromatic heterocycles. The van der Waals surface area contributed by atoms with Crippen molar-refractivity contribution in [2.24, 2.45) is 0 Å². The Morgan fingerprint density at radius 3 is 2.29 bits per heavy atom. The monoisotopic (exact) mass is 342 g/mol. The highest BCUT2D eigenvalue weighted by Gasteiger charge is 2.43. The normalized spacial score (nSPS) is 33.6. The molecular formula is C18H34N2O4. The fraction of sp³-hybridized carbons (Fsp3) is 0.944. The highest BCUT2D eigenvalue weighted by molar-refractivity contribution is 5.68. The molecular weight excluding hydrogens is 308 g/mol. The highest BCUT2D eigenvalue weighted by Crippen LogP contribution is 2.29. The van der Waals surface area contributed by atoms with E-state index in [1.807, 2.05) is 27.7 Å². The molecule has 2 aliphatic carbocycles. The van der Waals surface area contributed by atoms with E-state index in [4.69, 9.17) is 14.2 Å². The second-order valence-corrected chi connectivity index (χ2v) is 7.90. The molecule has 0 bridgehead atoms. The van der Waals surface area contributed by atoms with Gasteiger partial charge in [-0.1, -0.05) is 0 Å². The maximum Gasteiger partial charge on any atom is 0.407 e. The minimum Gasteiger partial charge on any atom is -0.444 e. The topological polar surface area (TPSA) is 68.8 Å². The quantitative estimate of drug-likeness (QED) is 0.776. The lowest BCUT2D eigenvalue weighted by atomic mass is 9.82. The van der Waals surface area contributed by atoms with E-state index in [0.29, 0.717) is 12.1 Å². The van der Waals surface area contributed by atoms with Crippen molar-refractivity contribution in [3.05, 3.63) is 0 Å². The van der Waals surface area contributed by atoms with E-state index in [9.17, 15) is 4.79 Å². The summed E-state index contributed by atoms with van der Waals surface area (Å²) >= 11 is 0. The Morgan fingerprint density at radius 2 is 1.75 bits per heavy atom. The maximum absolute atomic E-state index is 11.8. The third-order valence-electron chi connectivity index (χ3n) is 4.80. The van der Waals surface area contributed by atoms with Crippen LogP contribution in [0.5, 0.6) is 0 Å². The predicted molar refractivity (Wildman–Crippen MR) is 93.2 cm³/mol. The number of carbonyl (C=O) groups is 1. The summed E-state index contributed by atoms with van der Waals surface area (Å²) in [6.45, 7) is 8.40. The maximum atomic E-state index is 11.8. The third kappa shape index (κ3) is 5.60. The average molecular weight is 342 g/mol. The van der Waals surface area contributed by atoms with Crippen LogP contribution in [0.15, 0.2) is 0 Å². The lowest BCUT2D eigenvalue weighted by Crippen LogP contribution is -2.62. The second-order valence-electron chi connectivity index (χ2n) is 7.90. The van der Waals surface area contributed by atoms with Crippen molar-refractivity contribution in [3.8, 4) is 0 Å². The molecule has 3 unspecified atom stereocenters. The summed E-state index contributed by atoms with van der Waals surface area (Å²) in [5.41, 5.74) is -0.445. The fourth-order valence-electron chi connectivity index (χ4n) is 3.62. The van der Waals surface area contributed by atoms with Gasteiger partial charge >= 0.3 is 6.09 Å². The molecule has 0 saturated heterocycles. The highest BCUT2D eigenvalue weighted by atomic mass is 16.6. The van der Waals surface area contributed by atoms with Crippen LogP contribution in [0.3, 0.4) is 0 Å². The Kier molecular flexibility index (Phi) is 6.89. The molecule has 6 heteroatoms. The summed E-state index contributed by atoms with van der Waals surface area (Å²) in [6.07, 6.45) is 5.18. The third-order valence-corrected chi connectivity index (χ3v) is 4.80. The van der Waals surface area contributed by atoms with Crippen LogP contribution in [-0.4, -0.2) is 55.7 Å². The molecule has 2 aliphatic rings. The number of amides is 1. The van der Waals surface area contributed by atoms with Crippen molar-refractivity contribution in [1.29, 1.82) is 0 Å². The predicted octanol–water partition coefficient (Wildman–Crippen LogP) is 2.60. The van der Waals surface area contributed by atoms with E-state index >= 15 is 0 Å². The molecule has 0 heterocycles. The number of hydrogen-bond acceptors (Lipinski definition) is 5. The van der Waals surface area contributed by atoms with Gasteiger partial charge in [-0.15, -0.1) is 0 Å². The molecule has 3 atom stereocenters. The first-order chi connectivity index (χ1) is 11.3. The first-order valence-corrected chi connectivity index (χ1v) is 9.22. The first-order valence-electron chi connectivity index (χ1n) is 9.22. The molecule has 2 rings (SSSR count). The smallest absolute Gasteiger partial charge is 0.407 e. The fourth-order valence-corrected chi connectivity index (χ4v) is 3.62. The van der Waals surface area contributed by atoms with Crippen molar-refractivity contribution in [3.63, 3.8) is 0 Å². The van der Waals surface area contributed by atoms with Gasteiger partial charge in [-0.25, -0.2) is 4.79 Å². The largest absolute Gasteiger partial charge is 0.444 e. The number of carbonyl (C=O) groups excluding carboxylic acids is 1. The van der Waals surface area contributed by atoms with Crippen molar-refractivity contribution in [1.82, 2.24) is 10.6 Å². The van der Waals surface area contributed by atoms with Gasteiger partial charge in [0.15, 0.2) is 0 Å². The van der Waals surface area contributed by atoms with Gasteiger partial charge in [0.05, 0.1) is 12.2 Å². The Morgan fingerprint density at radius 1 is 1.12 bits per heavy atom. The van der Waals surface area contributed by atoms with Crippen molar-refractivity contribution in [2.75, 3.05) is 13.7 Å². The van der Waals surface area contributed by atoms with Gasteiger partial charge in [0.2, 0.25) is 0 Å². The van der Waals surface area contributed by atoms with Gasteiger partial charge in [-0.3, -0.25) is 0 Å². The molecule has 1 amide bonds. The lowest BCUT2D eigenvalue weighted by Gasteiger charge is -2.46. The Balaban J connectivity index is 1.67. The summed E-state index contributed by atoms with van der Waals surface area (Å²) in [4.78, 5) is 11.8. The number of methoxy groups -OCH3 is 1. The van der Waals surface area contributed by atoms with Crippen LogP contribution in [0.4, 0.5) is 4.79 Å². The molecule has 2 N–H and O–H groups in total. The Hall–Kier alpha value is -0.850. The number of hydrogen-bond donors (Lipinski definition) is 2. The van der Waals surface area contributed by atoms with E-state index in [-0.39, 0.29) is 24.3 Å². The number of nitrogens with one attached hydrogen (secondary N) is 2. The van der Waals surface area contributed by atoms with Crippen LogP contribution in [0.25, 0.3) is 0 Å². The van der Waals surface area contributed by atoms with Crippen LogP contribution < -0.4 is 10.6 Å². The van der Waals surface area contributed by atoms with E-state index in [1.54, 1.807) is 7.11 Å². The average Bonchev–Trinajstić information content (AvgIpc) is 2.46. The number of ether oxygens (including phenoxy) is 3. The molecule has 6 nitrogen and oxygen atoms in total. The van der Waals surface area contributed by atoms with Crippen LogP contribution in [0, 0.1) is 0 Å². The zero-order valence-electron chi connectivity index (χ0n) is 15.8. The molecule has 140 valence electrons. The van der Waals surface area contributed by atoms with Gasteiger partial charge in [-0.05, 0) is 59.8 Å². The van der Waals surface area contributed by atoms with E-state index in [0.717, 1.165) is 38.7 Å². The Labute approximate surface area is 146 Å². The lowest BCUT2D eigenvalue weighted by molar-refractivity contribution is -0.133. The van der Waals surface area contributed by atoms with Gasteiger partial charge in [0.1, 0.15) is 5.60 Å². The SMILES string of the molecule is CCOC1CC(NC2CCC(NC(=O)OC(C)(C)C)CC2)C1OC. The standard InChI is InChI=1S/C18H34N2O4/c1-6-23-15-11-14(16(15)22-5)19-12-7-9-13(10-8-12)20-17(21)24-18(2,3)4/h12-16,19H,6-11H2,1-5H3,(H,20,21).